The molecule has 0 saturated heterocycles. The molecule has 1 N–H and O–H groups in total. The summed E-state index contributed by atoms with van der Waals surface area (Å²) in [5, 5.41) is 7.39. The highest BCUT2D eigenvalue weighted by molar-refractivity contribution is 14.1. The van der Waals surface area contributed by atoms with Crippen molar-refractivity contribution in [1.82, 2.24) is 20.1 Å². The third-order valence-electron chi connectivity index (χ3n) is 2.17. The Hall–Kier alpha value is -0.950. The molecule has 0 saturated carbocycles. The molecule has 0 bridgehead atoms. The van der Waals surface area contributed by atoms with Crippen LogP contribution in [0.25, 0.3) is 5.82 Å². The van der Waals surface area contributed by atoms with E-state index < -0.39 is 0 Å². The standard InChI is InChI=1S/C11H13IN4/c1-8-3-9(5-13-2)4-11(15-8)16-7-10(12)6-14-16/h3-4,6-7,13H,5H2,1-2H3. The molecule has 0 unspecified atom stereocenters. The zero-order chi connectivity index (χ0) is 11.5. The molecule has 4 nitrogen and oxygen atoms in total. The predicted molar refractivity (Wildman–Crippen MR) is 71.6 cm³/mol. The van der Waals surface area contributed by atoms with Crippen LogP contribution in [0.3, 0.4) is 0 Å². The van der Waals surface area contributed by atoms with E-state index in [1.165, 1.54) is 5.56 Å². The molecule has 0 radical (unpaired) electrons. The van der Waals surface area contributed by atoms with Crippen molar-refractivity contribution in [1.29, 1.82) is 0 Å². The largest absolute Gasteiger partial charge is 0.316 e. The average molecular weight is 328 g/mol. The van der Waals surface area contributed by atoms with Gasteiger partial charge in [0.05, 0.1) is 9.77 Å². The van der Waals surface area contributed by atoms with Gasteiger partial charge in [0.25, 0.3) is 0 Å². The number of hydrogen-bond donors (Lipinski definition) is 1. The summed E-state index contributed by atoms with van der Waals surface area (Å²) in [4.78, 5) is 4.47. The number of hydrogen-bond acceptors (Lipinski definition) is 3. The topological polar surface area (TPSA) is 42.7 Å². The molecule has 0 spiro atoms. The van der Waals surface area contributed by atoms with Gasteiger partial charge in [0.1, 0.15) is 0 Å². The maximum atomic E-state index is 4.47. The van der Waals surface area contributed by atoms with E-state index in [0.717, 1.165) is 21.6 Å². The molecular weight excluding hydrogens is 315 g/mol. The second-order valence-electron chi connectivity index (χ2n) is 3.61. The van der Waals surface area contributed by atoms with E-state index in [1.54, 1.807) is 4.68 Å². The molecule has 0 amide bonds. The van der Waals surface area contributed by atoms with Gasteiger partial charge in [0, 0.05) is 18.4 Å². The van der Waals surface area contributed by atoms with Crippen LogP contribution in [0.5, 0.6) is 0 Å². The SMILES string of the molecule is CNCc1cc(C)nc(-n2cc(I)cn2)c1. The van der Waals surface area contributed by atoms with E-state index in [9.17, 15) is 0 Å². The van der Waals surface area contributed by atoms with Crippen LogP contribution in [0.15, 0.2) is 24.5 Å². The zero-order valence-corrected chi connectivity index (χ0v) is 11.4. The average Bonchev–Trinajstić information content (AvgIpc) is 2.64. The quantitative estimate of drug-likeness (QED) is 0.875. The van der Waals surface area contributed by atoms with Gasteiger partial charge >= 0.3 is 0 Å². The van der Waals surface area contributed by atoms with Crippen LogP contribution in [-0.2, 0) is 6.54 Å². The predicted octanol–water partition coefficient (Wildman–Crippen LogP) is 1.90. The molecule has 2 aromatic heterocycles. The summed E-state index contributed by atoms with van der Waals surface area (Å²) in [5.74, 6) is 0.869. The van der Waals surface area contributed by atoms with Crippen LogP contribution in [0.1, 0.15) is 11.3 Å². The van der Waals surface area contributed by atoms with Gasteiger partial charge in [-0.2, -0.15) is 5.10 Å². The number of rotatable bonds is 3. The zero-order valence-electron chi connectivity index (χ0n) is 9.24. The van der Waals surface area contributed by atoms with Crippen LogP contribution in [-0.4, -0.2) is 21.8 Å². The summed E-state index contributed by atoms with van der Waals surface area (Å²) in [6.45, 7) is 2.84. The number of halogens is 1. The van der Waals surface area contributed by atoms with Crippen molar-refractivity contribution < 1.29 is 0 Å². The Morgan fingerprint density at radius 2 is 2.25 bits per heavy atom. The minimum absolute atomic E-state index is 0.842. The van der Waals surface area contributed by atoms with Gasteiger partial charge in [0.2, 0.25) is 0 Å². The third-order valence-corrected chi connectivity index (χ3v) is 2.72. The second-order valence-corrected chi connectivity index (χ2v) is 4.85. The first-order chi connectivity index (χ1) is 7.69. The summed E-state index contributed by atoms with van der Waals surface area (Å²) in [7, 11) is 1.94. The van der Waals surface area contributed by atoms with E-state index in [-0.39, 0.29) is 0 Å². The van der Waals surface area contributed by atoms with Crippen molar-refractivity contribution in [3.63, 3.8) is 0 Å². The molecule has 0 fully saturated rings. The van der Waals surface area contributed by atoms with Gasteiger partial charge in [-0.05, 0) is 54.3 Å². The smallest absolute Gasteiger partial charge is 0.153 e. The summed E-state index contributed by atoms with van der Waals surface area (Å²) >= 11 is 2.24. The Labute approximate surface area is 108 Å². The Bertz CT molecular complexity index is 492. The normalized spacial score (nSPS) is 10.7. The first kappa shape index (κ1) is 11.5. The van der Waals surface area contributed by atoms with Gasteiger partial charge < -0.3 is 5.32 Å². The molecule has 2 heterocycles. The molecule has 5 heteroatoms. The highest BCUT2D eigenvalue weighted by atomic mass is 127. The molecule has 2 aromatic rings. The first-order valence-corrected chi connectivity index (χ1v) is 6.09. The molecule has 0 aliphatic rings. The summed E-state index contributed by atoms with van der Waals surface area (Å²) in [5.41, 5.74) is 2.23. The minimum atomic E-state index is 0.842. The van der Waals surface area contributed by atoms with Crippen LogP contribution in [0, 0.1) is 10.5 Å². The molecular formula is C11H13IN4. The molecule has 0 aliphatic heterocycles. The maximum absolute atomic E-state index is 4.47. The van der Waals surface area contributed by atoms with Crippen LogP contribution in [0.4, 0.5) is 0 Å². The van der Waals surface area contributed by atoms with Crippen molar-refractivity contribution in [2.45, 2.75) is 13.5 Å². The highest BCUT2D eigenvalue weighted by Gasteiger charge is 2.03. The molecule has 0 aliphatic carbocycles. The van der Waals surface area contributed by atoms with Crippen LogP contribution >= 0.6 is 22.6 Å². The summed E-state index contributed by atoms with van der Waals surface area (Å²) in [6, 6.07) is 4.13. The fourth-order valence-corrected chi connectivity index (χ4v) is 1.96. The number of aryl methyl sites for hydroxylation is 1. The summed E-state index contributed by atoms with van der Waals surface area (Å²) < 4.78 is 2.91. The Balaban J connectivity index is 2.40. The lowest BCUT2D eigenvalue weighted by Crippen LogP contribution is -2.08. The van der Waals surface area contributed by atoms with Gasteiger partial charge in [-0.3, -0.25) is 0 Å². The van der Waals surface area contributed by atoms with Gasteiger partial charge in [-0.1, -0.05) is 0 Å². The van der Waals surface area contributed by atoms with Gasteiger partial charge in [-0.25, -0.2) is 9.67 Å². The fourth-order valence-electron chi connectivity index (χ4n) is 1.57. The van der Waals surface area contributed by atoms with E-state index in [1.807, 2.05) is 32.4 Å². The maximum Gasteiger partial charge on any atom is 0.153 e. The van der Waals surface area contributed by atoms with Crippen molar-refractivity contribution in [3.8, 4) is 5.82 Å². The highest BCUT2D eigenvalue weighted by Crippen LogP contribution is 2.11. The van der Waals surface area contributed by atoms with E-state index in [0.29, 0.717) is 0 Å². The molecule has 16 heavy (non-hydrogen) atoms. The monoisotopic (exact) mass is 328 g/mol. The Kier molecular flexibility index (Phi) is 3.55. The van der Waals surface area contributed by atoms with E-state index in [4.69, 9.17) is 0 Å². The third kappa shape index (κ3) is 2.59. The van der Waals surface area contributed by atoms with Crippen molar-refractivity contribution in [2.75, 3.05) is 7.05 Å². The molecule has 2 rings (SSSR count). The summed E-state index contributed by atoms with van der Waals surface area (Å²) in [6.07, 6.45) is 3.79. The molecule has 0 aromatic carbocycles. The lowest BCUT2D eigenvalue weighted by atomic mass is 10.2. The van der Waals surface area contributed by atoms with E-state index >= 15 is 0 Å². The lowest BCUT2D eigenvalue weighted by Gasteiger charge is -2.06. The van der Waals surface area contributed by atoms with E-state index in [2.05, 4.69) is 44.1 Å². The number of pyridine rings is 1. The van der Waals surface area contributed by atoms with Gasteiger partial charge in [0.15, 0.2) is 5.82 Å². The molecule has 84 valence electrons. The van der Waals surface area contributed by atoms with Crippen molar-refractivity contribution in [2.24, 2.45) is 0 Å². The lowest BCUT2D eigenvalue weighted by molar-refractivity contribution is 0.796. The number of nitrogens with one attached hydrogen (secondary N) is 1. The minimum Gasteiger partial charge on any atom is -0.316 e. The van der Waals surface area contributed by atoms with Crippen LogP contribution in [0.2, 0.25) is 0 Å². The Morgan fingerprint density at radius 1 is 1.44 bits per heavy atom. The molecule has 0 atom stereocenters. The van der Waals surface area contributed by atoms with Gasteiger partial charge in [-0.15, -0.1) is 0 Å². The number of nitrogens with zero attached hydrogens (tertiary/aromatic N) is 3. The second kappa shape index (κ2) is 4.92. The first-order valence-electron chi connectivity index (χ1n) is 5.02. The van der Waals surface area contributed by atoms with Crippen LogP contribution < -0.4 is 5.32 Å². The fraction of sp³-hybridized carbons (Fsp3) is 0.273. The number of aromatic nitrogens is 3. The van der Waals surface area contributed by atoms with Crippen molar-refractivity contribution >= 4 is 22.6 Å². The Morgan fingerprint density at radius 3 is 2.88 bits per heavy atom. The van der Waals surface area contributed by atoms with Crippen molar-refractivity contribution in [3.05, 3.63) is 39.4 Å².